The van der Waals surface area contributed by atoms with Gasteiger partial charge in [0, 0.05) is 6.54 Å². The standard InChI is InChI=1S/C20H27N3O3S/c1-3-4-13-26-18(24)15-23-19(25)17(14-22-20(23)27-2)21-12-8-11-16-9-6-5-7-10-16/h5-7,9-10,14,21H,3-4,8,11-13,15H2,1-2H3. The Kier molecular flexibility index (Phi) is 8.91. The fraction of sp³-hybridized carbons (Fsp3) is 0.450. The fourth-order valence-corrected chi connectivity index (χ4v) is 3.09. The summed E-state index contributed by atoms with van der Waals surface area (Å²) in [6, 6.07) is 10.2. The number of carbonyl (C=O) groups excluding carboxylic acids is 1. The molecule has 0 aliphatic heterocycles. The topological polar surface area (TPSA) is 73.2 Å². The Morgan fingerprint density at radius 1 is 1.26 bits per heavy atom. The van der Waals surface area contributed by atoms with Gasteiger partial charge in [-0.3, -0.25) is 14.2 Å². The van der Waals surface area contributed by atoms with Crippen LogP contribution in [0.4, 0.5) is 5.69 Å². The monoisotopic (exact) mass is 389 g/mol. The van der Waals surface area contributed by atoms with Gasteiger partial charge in [-0.05, 0) is 31.1 Å². The van der Waals surface area contributed by atoms with Gasteiger partial charge in [-0.15, -0.1) is 0 Å². The molecule has 0 saturated heterocycles. The van der Waals surface area contributed by atoms with E-state index < -0.39 is 5.97 Å². The highest BCUT2D eigenvalue weighted by molar-refractivity contribution is 7.98. The number of esters is 1. The Bertz CT molecular complexity index is 778. The van der Waals surface area contributed by atoms with Crippen molar-refractivity contribution in [2.24, 2.45) is 0 Å². The molecule has 0 saturated carbocycles. The van der Waals surface area contributed by atoms with Crippen molar-refractivity contribution in [3.8, 4) is 0 Å². The highest BCUT2D eigenvalue weighted by Gasteiger charge is 2.14. The summed E-state index contributed by atoms with van der Waals surface area (Å²) < 4.78 is 6.55. The number of nitrogens with zero attached hydrogens (tertiary/aromatic N) is 2. The molecule has 1 N–H and O–H groups in total. The third-order valence-electron chi connectivity index (χ3n) is 4.04. The zero-order chi connectivity index (χ0) is 19.5. The van der Waals surface area contributed by atoms with Crippen LogP contribution in [-0.4, -0.2) is 34.9 Å². The minimum Gasteiger partial charge on any atom is -0.464 e. The molecule has 2 aromatic rings. The van der Waals surface area contributed by atoms with Crippen molar-refractivity contribution in [2.75, 3.05) is 24.7 Å². The minimum atomic E-state index is -0.413. The molecule has 0 atom stereocenters. The summed E-state index contributed by atoms with van der Waals surface area (Å²) in [5.74, 6) is -0.413. The second-order valence-electron chi connectivity index (χ2n) is 6.14. The van der Waals surface area contributed by atoms with Gasteiger partial charge in [0.1, 0.15) is 12.2 Å². The molecule has 27 heavy (non-hydrogen) atoms. The molecule has 2 rings (SSSR count). The van der Waals surface area contributed by atoms with Gasteiger partial charge < -0.3 is 10.1 Å². The number of hydrogen-bond donors (Lipinski definition) is 1. The zero-order valence-electron chi connectivity index (χ0n) is 15.9. The van der Waals surface area contributed by atoms with Gasteiger partial charge in [0.2, 0.25) is 0 Å². The molecule has 1 aromatic heterocycles. The molecule has 0 fully saturated rings. The van der Waals surface area contributed by atoms with Crippen LogP contribution in [0.15, 0.2) is 46.5 Å². The minimum absolute atomic E-state index is 0.120. The quantitative estimate of drug-likeness (QED) is 0.275. The van der Waals surface area contributed by atoms with E-state index >= 15 is 0 Å². The predicted octanol–water partition coefficient (Wildman–Crippen LogP) is 3.35. The third kappa shape index (κ3) is 6.75. The first-order valence-electron chi connectivity index (χ1n) is 9.23. The molecular weight excluding hydrogens is 362 g/mol. The van der Waals surface area contributed by atoms with E-state index in [9.17, 15) is 9.59 Å². The lowest BCUT2D eigenvalue weighted by atomic mass is 10.1. The van der Waals surface area contributed by atoms with Gasteiger partial charge in [-0.25, -0.2) is 4.98 Å². The second kappa shape index (κ2) is 11.4. The third-order valence-corrected chi connectivity index (χ3v) is 4.73. The van der Waals surface area contributed by atoms with Crippen molar-refractivity contribution in [1.82, 2.24) is 9.55 Å². The summed E-state index contributed by atoms with van der Waals surface area (Å²) >= 11 is 1.33. The average molecular weight is 390 g/mol. The zero-order valence-corrected chi connectivity index (χ0v) is 16.8. The van der Waals surface area contributed by atoms with E-state index in [-0.39, 0.29) is 12.1 Å². The highest BCUT2D eigenvalue weighted by Crippen LogP contribution is 2.12. The van der Waals surface area contributed by atoms with Crippen LogP contribution in [0.1, 0.15) is 31.7 Å². The van der Waals surface area contributed by atoms with Crippen LogP contribution in [-0.2, 0) is 22.5 Å². The summed E-state index contributed by atoms with van der Waals surface area (Å²) in [6.45, 7) is 2.95. The molecule has 6 nitrogen and oxygen atoms in total. The maximum absolute atomic E-state index is 12.7. The van der Waals surface area contributed by atoms with Crippen molar-refractivity contribution < 1.29 is 9.53 Å². The Balaban J connectivity index is 1.96. The summed E-state index contributed by atoms with van der Waals surface area (Å²) in [6.07, 6.45) is 6.96. The van der Waals surface area contributed by atoms with E-state index in [4.69, 9.17) is 4.74 Å². The molecular formula is C20H27N3O3S. The number of unbranched alkanes of at least 4 members (excludes halogenated alkanes) is 1. The Hall–Kier alpha value is -2.28. The first-order chi connectivity index (χ1) is 13.2. The number of thioether (sulfide) groups is 1. The smallest absolute Gasteiger partial charge is 0.326 e. The number of hydrogen-bond acceptors (Lipinski definition) is 6. The van der Waals surface area contributed by atoms with Crippen LogP contribution in [0.3, 0.4) is 0 Å². The lowest BCUT2D eigenvalue weighted by molar-refractivity contribution is -0.144. The SMILES string of the molecule is CCCCOC(=O)Cn1c(SC)ncc(NCCCc2ccccc2)c1=O. The molecule has 0 unspecified atom stereocenters. The Morgan fingerprint density at radius 2 is 2.04 bits per heavy atom. The number of nitrogens with one attached hydrogen (secondary N) is 1. The van der Waals surface area contributed by atoms with Gasteiger partial charge in [0.15, 0.2) is 5.16 Å². The van der Waals surface area contributed by atoms with Crippen molar-refractivity contribution in [2.45, 2.75) is 44.3 Å². The summed E-state index contributed by atoms with van der Waals surface area (Å²) in [5.41, 5.74) is 1.42. The lowest BCUT2D eigenvalue weighted by Gasteiger charge is -2.13. The number of ether oxygens (including phenoxy) is 1. The van der Waals surface area contributed by atoms with Gasteiger partial charge in [-0.2, -0.15) is 0 Å². The summed E-state index contributed by atoms with van der Waals surface area (Å²) in [5, 5.41) is 3.65. The molecule has 0 bridgehead atoms. The van der Waals surface area contributed by atoms with Gasteiger partial charge >= 0.3 is 5.97 Å². The molecule has 1 heterocycles. The Morgan fingerprint density at radius 3 is 2.74 bits per heavy atom. The number of aromatic nitrogens is 2. The van der Waals surface area contributed by atoms with Crippen molar-refractivity contribution >= 4 is 23.4 Å². The number of aryl methyl sites for hydroxylation is 1. The number of rotatable bonds is 11. The second-order valence-corrected chi connectivity index (χ2v) is 6.91. The van der Waals surface area contributed by atoms with Crippen LogP contribution >= 0.6 is 11.8 Å². The molecule has 7 heteroatoms. The molecule has 1 aromatic carbocycles. The maximum Gasteiger partial charge on any atom is 0.326 e. The van der Waals surface area contributed by atoms with Gasteiger partial charge in [0.25, 0.3) is 5.56 Å². The van der Waals surface area contributed by atoms with Crippen LogP contribution in [0.5, 0.6) is 0 Å². The molecule has 0 spiro atoms. The molecule has 0 radical (unpaired) electrons. The van der Waals surface area contributed by atoms with E-state index in [0.29, 0.717) is 24.0 Å². The van der Waals surface area contributed by atoms with E-state index in [2.05, 4.69) is 22.4 Å². The van der Waals surface area contributed by atoms with E-state index in [1.165, 1.54) is 28.1 Å². The first kappa shape index (κ1) is 21.0. The van der Waals surface area contributed by atoms with E-state index in [1.807, 2.05) is 31.4 Å². The normalized spacial score (nSPS) is 10.6. The predicted molar refractivity (Wildman–Crippen MR) is 109 cm³/mol. The van der Waals surface area contributed by atoms with E-state index in [1.54, 1.807) is 0 Å². The molecule has 0 aliphatic rings. The van der Waals surface area contributed by atoms with Gasteiger partial charge in [-0.1, -0.05) is 55.4 Å². The first-order valence-corrected chi connectivity index (χ1v) is 10.5. The molecule has 0 amide bonds. The van der Waals surface area contributed by atoms with Crippen molar-refractivity contribution in [3.05, 3.63) is 52.4 Å². The lowest BCUT2D eigenvalue weighted by Crippen LogP contribution is -2.30. The van der Waals surface area contributed by atoms with Crippen LogP contribution in [0.2, 0.25) is 0 Å². The number of anilines is 1. The maximum atomic E-state index is 12.7. The summed E-state index contributed by atoms with van der Waals surface area (Å²) in [7, 11) is 0. The van der Waals surface area contributed by atoms with Crippen LogP contribution in [0, 0.1) is 0 Å². The molecule has 146 valence electrons. The number of benzene rings is 1. The van der Waals surface area contributed by atoms with Gasteiger partial charge in [0.05, 0.1) is 12.8 Å². The molecule has 0 aliphatic carbocycles. The number of carbonyl (C=O) groups is 1. The fourth-order valence-electron chi connectivity index (χ4n) is 2.57. The van der Waals surface area contributed by atoms with E-state index in [0.717, 1.165) is 25.7 Å². The van der Waals surface area contributed by atoms with Crippen molar-refractivity contribution in [1.29, 1.82) is 0 Å². The summed E-state index contributed by atoms with van der Waals surface area (Å²) in [4.78, 5) is 29.0. The average Bonchev–Trinajstić information content (AvgIpc) is 2.69. The highest BCUT2D eigenvalue weighted by atomic mass is 32.2. The largest absolute Gasteiger partial charge is 0.464 e. The Labute approximate surface area is 164 Å². The van der Waals surface area contributed by atoms with Crippen LogP contribution in [0.25, 0.3) is 0 Å². The van der Waals surface area contributed by atoms with Crippen LogP contribution < -0.4 is 10.9 Å². The van der Waals surface area contributed by atoms with Crippen molar-refractivity contribution in [3.63, 3.8) is 0 Å².